The van der Waals surface area contributed by atoms with Crippen molar-refractivity contribution in [1.82, 2.24) is 5.32 Å². The number of benzene rings is 1. The number of ketones is 1. The van der Waals surface area contributed by atoms with E-state index in [9.17, 15) is 15.0 Å². The first kappa shape index (κ1) is 12.8. The van der Waals surface area contributed by atoms with Crippen LogP contribution in [0.15, 0.2) is 24.3 Å². The summed E-state index contributed by atoms with van der Waals surface area (Å²) in [6.45, 7) is 1.71. The van der Waals surface area contributed by atoms with E-state index in [4.69, 9.17) is 0 Å². The number of likely N-dealkylation sites (N-methyl/N-ethyl adjacent to an activating group) is 1. The van der Waals surface area contributed by atoms with Crippen molar-refractivity contribution >= 4 is 5.78 Å². The maximum atomic E-state index is 11.3. The first-order chi connectivity index (χ1) is 7.57. The Balaban J connectivity index is 2.98. The van der Waals surface area contributed by atoms with Crippen molar-refractivity contribution in [2.24, 2.45) is 0 Å². The molecule has 1 aromatic carbocycles. The summed E-state index contributed by atoms with van der Waals surface area (Å²) < 4.78 is 0. The van der Waals surface area contributed by atoms with Gasteiger partial charge in [0.15, 0.2) is 5.78 Å². The van der Waals surface area contributed by atoms with E-state index in [1.807, 2.05) is 0 Å². The zero-order chi connectivity index (χ0) is 12.1. The summed E-state index contributed by atoms with van der Waals surface area (Å²) >= 11 is 0. The molecule has 4 nitrogen and oxygen atoms in total. The van der Waals surface area contributed by atoms with Gasteiger partial charge >= 0.3 is 0 Å². The molecule has 2 atom stereocenters. The van der Waals surface area contributed by atoms with Gasteiger partial charge in [-0.1, -0.05) is 24.3 Å². The van der Waals surface area contributed by atoms with Crippen LogP contribution in [-0.4, -0.2) is 35.7 Å². The van der Waals surface area contributed by atoms with E-state index in [1.165, 1.54) is 6.92 Å². The van der Waals surface area contributed by atoms with E-state index in [0.29, 0.717) is 11.1 Å². The predicted octanol–water partition coefficient (Wildman–Crippen LogP) is 0.503. The van der Waals surface area contributed by atoms with Gasteiger partial charge in [-0.05, 0) is 19.5 Å². The van der Waals surface area contributed by atoms with E-state index in [1.54, 1.807) is 31.3 Å². The van der Waals surface area contributed by atoms with Gasteiger partial charge in [-0.15, -0.1) is 0 Å². The van der Waals surface area contributed by atoms with E-state index in [2.05, 4.69) is 5.32 Å². The molecule has 0 bridgehead atoms. The summed E-state index contributed by atoms with van der Waals surface area (Å²) in [6, 6.07) is 6.77. The van der Waals surface area contributed by atoms with Crippen molar-refractivity contribution in [3.05, 3.63) is 35.4 Å². The zero-order valence-electron chi connectivity index (χ0n) is 9.47. The third-order valence-corrected chi connectivity index (χ3v) is 2.44. The smallest absolute Gasteiger partial charge is 0.160 e. The molecule has 1 rings (SSSR count). The highest BCUT2D eigenvalue weighted by atomic mass is 16.3. The molecule has 0 aliphatic rings. The van der Waals surface area contributed by atoms with Crippen molar-refractivity contribution in [2.75, 3.05) is 13.6 Å². The summed E-state index contributed by atoms with van der Waals surface area (Å²) in [5.41, 5.74) is 0.919. The van der Waals surface area contributed by atoms with Crippen LogP contribution >= 0.6 is 0 Å². The first-order valence-electron chi connectivity index (χ1n) is 5.18. The van der Waals surface area contributed by atoms with Crippen molar-refractivity contribution < 1.29 is 15.0 Å². The summed E-state index contributed by atoms with van der Waals surface area (Å²) in [7, 11) is 1.69. The van der Waals surface area contributed by atoms with Crippen LogP contribution in [0, 0.1) is 0 Å². The van der Waals surface area contributed by atoms with Crippen LogP contribution in [-0.2, 0) is 0 Å². The molecule has 0 radical (unpaired) electrons. The minimum atomic E-state index is -1.05. The molecule has 4 heteroatoms. The average molecular weight is 223 g/mol. The van der Waals surface area contributed by atoms with Gasteiger partial charge in [0.1, 0.15) is 6.10 Å². The molecule has 88 valence electrons. The average Bonchev–Trinajstić information content (AvgIpc) is 2.28. The van der Waals surface area contributed by atoms with Gasteiger partial charge in [-0.3, -0.25) is 4.79 Å². The molecule has 0 spiro atoms. The lowest BCUT2D eigenvalue weighted by atomic mass is 9.96. The molecule has 0 aromatic heterocycles. The number of aliphatic hydroxyl groups is 2. The molecule has 0 heterocycles. The third kappa shape index (κ3) is 2.88. The number of hydrogen-bond acceptors (Lipinski definition) is 4. The Hall–Kier alpha value is -1.23. The Bertz CT molecular complexity index is 365. The van der Waals surface area contributed by atoms with Gasteiger partial charge in [0.05, 0.1) is 6.10 Å². The van der Waals surface area contributed by atoms with E-state index in [0.717, 1.165) is 0 Å². The van der Waals surface area contributed by atoms with Gasteiger partial charge in [0.2, 0.25) is 0 Å². The highest BCUT2D eigenvalue weighted by Gasteiger charge is 2.21. The number of rotatable bonds is 5. The highest BCUT2D eigenvalue weighted by Crippen LogP contribution is 2.21. The Labute approximate surface area is 94.9 Å². The molecule has 0 fully saturated rings. The maximum Gasteiger partial charge on any atom is 0.160 e. The lowest BCUT2D eigenvalue weighted by Crippen LogP contribution is -2.30. The lowest BCUT2D eigenvalue weighted by molar-refractivity contribution is 0.0198. The molecule has 0 saturated carbocycles. The summed E-state index contributed by atoms with van der Waals surface area (Å²) in [6.07, 6.45) is -1.97. The molecule has 2 unspecified atom stereocenters. The van der Waals surface area contributed by atoms with Gasteiger partial charge in [-0.2, -0.15) is 0 Å². The quantitative estimate of drug-likeness (QED) is 0.636. The standard InChI is InChI=1S/C12H17NO3/c1-8(14)9-5-3-4-6-10(9)12(16)11(15)7-13-2/h3-6,11-13,15-16H,7H2,1-2H3. The number of carbonyl (C=O) groups is 1. The van der Waals surface area contributed by atoms with Gasteiger partial charge in [-0.25, -0.2) is 0 Å². The molecular formula is C12H17NO3. The van der Waals surface area contributed by atoms with Gasteiger partial charge < -0.3 is 15.5 Å². The van der Waals surface area contributed by atoms with E-state index < -0.39 is 12.2 Å². The Morgan fingerprint density at radius 2 is 2.00 bits per heavy atom. The van der Waals surface area contributed by atoms with Crippen LogP contribution in [0.2, 0.25) is 0 Å². The van der Waals surface area contributed by atoms with Crippen molar-refractivity contribution in [2.45, 2.75) is 19.1 Å². The van der Waals surface area contributed by atoms with Crippen molar-refractivity contribution in [3.8, 4) is 0 Å². The van der Waals surface area contributed by atoms with E-state index in [-0.39, 0.29) is 12.3 Å². The Morgan fingerprint density at radius 1 is 1.38 bits per heavy atom. The molecule has 3 N–H and O–H groups in total. The largest absolute Gasteiger partial charge is 0.389 e. The number of Topliss-reactive ketones (excluding diaryl/α,β-unsaturated/α-hetero) is 1. The van der Waals surface area contributed by atoms with Gasteiger partial charge in [0, 0.05) is 12.1 Å². The highest BCUT2D eigenvalue weighted by molar-refractivity contribution is 5.95. The zero-order valence-corrected chi connectivity index (χ0v) is 9.47. The molecule has 0 aliphatic carbocycles. The van der Waals surface area contributed by atoms with Crippen LogP contribution in [0.4, 0.5) is 0 Å². The number of carbonyl (C=O) groups excluding carboxylic acids is 1. The molecule has 0 aliphatic heterocycles. The second kappa shape index (κ2) is 5.75. The summed E-state index contributed by atoms with van der Waals surface area (Å²) in [5, 5.41) is 22.3. The topological polar surface area (TPSA) is 69.6 Å². The Kier molecular flexibility index (Phi) is 4.61. The second-order valence-electron chi connectivity index (χ2n) is 3.71. The minimum Gasteiger partial charge on any atom is -0.389 e. The molecule has 0 amide bonds. The summed E-state index contributed by atoms with van der Waals surface area (Å²) in [4.78, 5) is 11.3. The normalized spacial score (nSPS) is 14.5. The SMILES string of the molecule is CNCC(O)C(O)c1ccccc1C(C)=O. The van der Waals surface area contributed by atoms with Crippen LogP contribution < -0.4 is 5.32 Å². The lowest BCUT2D eigenvalue weighted by Gasteiger charge is -2.19. The van der Waals surface area contributed by atoms with Gasteiger partial charge in [0.25, 0.3) is 0 Å². The molecular weight excluding hydrogens is 206 g/mol. The number of nitrogens with one attached hydrogen (secondary N) is 1. The minimum absolute atomic E-state index is 0.119. The van der Waals surface area contributed by atoms with Crippen LogP contribution in [0.5, 0.6) is 0 Å². The number of aliphatic hydroxyl groups excluding tert-OH is 2. The summed E-state index contributed by atoms with van der Waals surface area (Å²) in [5.74, 6) is -0.119. The molecule has 16 heavy (non-hydrogen) atoms. The predicted molar refractivity (Wildman–Crippen MR) is 61.3 cm³/mol. The second-order valence-corrected chi connectivity index (χ2v) is 3.71. The van der Waals surface area contributed by atoms with Crippen molar-refractivity contribution in [3.63, 3.8) is 0 Å². The fourth-order valence-corrected chi connectivity index (χ4v) is 1.60. The van der Waals surface area contributed by atoms with Crippen molar-refractivity contribution in [1.29, 1.82) is 0 Å². The maximum absolute atomic E-state index is 11.3. The fraction of sp³-hybridized carbons (Fsp3) is 0.417. The first-order valence-corrected chi connectivity index (χ1v) is 5.18. The monoisotopic (exact) mass is 223 g/mol. The Morgan fingerprint density at radius 3 is 2.56 bits per heavy atom. The fourth-order valence-electron chi connectivity index (χ4n) is 1.60. The van der Waals surface area contributed by atoms with E-state index >= 15 is 0 Å². The molecule has 0 saturated heterocycles. The van der Waals surface area contributed by atoms with Crippen LogP contribution in [0.3, 0.4) is 0 Å². The molecule has 1 aromatic rings. The third-order valence-electron chi connectivity index (χ3n) is 2.44. The van der Waals surface area contributed by atoms with Crippen LogP contribution in [0.1, 0.15) is 28.9 Å². The number of hydrogen-bond donors (Lipinski definition) is 3. The van der Waals surface area contributed by atoms with Crippen LogP contribution in [0.25, 0.3) is 0 Å².